The Bertz CT molecular complexity index is 443. The van der Waals surface area contributed by atoms with E-state index in [4.69, 9.17) is 5.73 Å². The summed E-state index contributed by atoms with van der Waals surface area (Å²) in [6, 6.07) is 8.40. The van der Waals surface area contributed by atoms with E-state index in [0.717, 1.165) is 5.56 Å². The largest absolute Gasteiger partial charge is 0.359 e. The van der Waals surface area contributed by atoms with Gasteiger partial charge in [0.25, 0.3) is 0 Å². The quantitative estimate of drug-likeness (QED) is 0.726. The number of carbonyl (C=O) groups excluding carboxylic acids is 2. The molecule has 5 heteroatoms. The molecular formula is C14H21N3O2. The number of rotatable bonds is 5. The summed E-state index contributed by atoms with van der Waals surface area (Å²) in [5, 5.41) is 5.28. The molecule has 19 heavy (non-hydrogen) atoms. The highest BCUT2D eigenvalue weighted by atomic mass is 16.2. The van der Waals surface area contributed by atoms with Crippen LogP contribution in [0.15, 0.2) is 30.3 Å². The number of nitrogens with two attached hydrogens (primary N) is 1. The molecule has 0 unspecified atom stereocenters. The van der Waals surface area contributed by atoms with Crippen LogP contribution >= 0.6 is 0 Å². The van der Waals surface area contributed by atoms with Gasteiger partial charge in [-0.1, -0.05) is 30.3 Å². The SMILES string of the molecule is CNC(=O)C(C)(C)CNC(=O)[C@H](N)c1ccccc1. The van der Waals surface area contributed by atoms with Crippen LogP contribution < -0.4 is 16.4 Å². The molecule has 0 heterocycles. The topological polar surface area (TPSA) is 84.2 Å². The van der Waals surface area contributed by atoms with Crippen molar-refractivity contribution in [2.75, 3.05) is 13.6 Å². The zero-order valence-corrected chi connectivity index (χ0v) is 11.6. The van der Waals surface area contributed by atoms with Crippen LogP contribution in [0.1, 0.15) is 25.5 Å². The Kier molecular flexibility index (Phi) is 5.06. The van der Waals surface area contributed by atoms with E-state index in [1.165, 1.54) is 0 Å². The lowest BCUT2D eigenvalue weighted by molar-refractivity contribution is -0.129. The van der Waals surface area contributed by atoms with Crippen LogP contribution in [0, 0.1) is 5.41 Å². The zero-order valence-electron chi connectivity index (χ0n) is 11.6. The zero-order chi connectivity index (χ0) is 14.5. The fourth-order valence-electron chi connectivity index (χ4n) is 1.65. The molecule has 1 atom stereocenters. The van der Waals surface area contributed by atoms with Crippen LogP contribution in [-0.4, -0.2) is 25.4 Å². The maximum absolute atomic E-state index is 11.9. The number of benzene rings is 1. The van der Waals surface area contributed by atoms with E-state index >= 15 is 0 Å². The van der Waals surface area contributed by atoms with Gasteiger partial charge < -0.3 is 16.4 Å². The lowest BCUT2D eigenvalue weighted by Gasteiger charge is -2.23. The second kappa shape index (κ2) is 6.33. The third kappa shape index (κ3) is 4.06. The van der Waals surface area contributed by atoms with E-state index in [1.807, 2.05) is 18.2 Å². The summed E-state index contributed by atoms with van der Waals surface area (Å²) in [6.45, 7) is 3.77. The van der Waals surface area contributed by atoms with Crippen molar-refractivity contribution in [2.45, 2.75) is 19.9 Å². The molecule has 0 aliphatic carbocycles. The molecule has 0 fully saturated rings. The Morgan fingerprint density at radius 3 is 2.37 bits per heavy atom. The third-order valence-corrected chi connectivity index (χ3v) is 2.99. The normalized spacial score (nSPS) is 12.6. The number of hydrogen-bond donors (Lipinski definition) is 3. The minimum atomic E-state index is -0.721. The van der Waals surface area contributed by atoms with Crippen molar-refractivity contribution < 1.29 is 9.59 Å². The second-order valence-electron chi connectivity index (χ2n) is 5.07. The van der Waals surface area contributed by atoms with Gasteiger partial charge in [-0.2, -0.15) is 0 Å². The first-order chi connectivity index (χ1) is 8.88. The predicted molar refractivity (Wildman–Crippen MR) is 74.2 cm³/mol. The lowest BCUT2D eigenvalue weighted by atomic mass is 9.92. The fourth-order valence-corrected chi connectivity index (χ4v) is 1.65. The fraction of sp³-hybridized carbons (Fsp3) is 0.429. The Morgan fingerprint density at radius 1 is 1.26 bits per heavy atom. The summed E-state index contributed by atoms with van der Waals surface area (Å²) in [6.07, 6.45) is 0. The summed E-state index contributed by atoms with van der Waals surface area (Å²) in [5.41, 5.74) is 5.95. The Morgan fingerprint density at radius 2 is 1.84 bits per heavy atom. The van der Waals surface area contributed by atoms with Crippen molar-refractivity contribution in [3.05, 3.63) is 35.9 Å². The van der Waals surface area contributed by atoms with Crippen molar-refractivity contribution in [1.29, 1.82) is 0 Å². The predicted octanol–water partition coefficient (Wildman–Crippen LogP) is 0.575. The molecule has 5 nitrogen and oxygen atoms in total. The summed E-state index contributed by atoms with van der Waals surface area (Å²) < 4.78 is 0. The summed E-state index contributed by atoms with van der Waals surface area (Å²) >= 11 is 0. The molecule has 1 aromatic carbocycles. The first-order valence-electron chi connectivity index (χ1n) is 6.19. The molecule has 0 bridgehead atoms. The number of hydrogen-bond acceptors (Lipinski definition) is 3. The molecule has 0 saturated carbocycles. The summed E-state index contributed by atoms with van der Waals surface area (Å²) in [5.74, 6) is -0.413. The van der Waals surface area contributed by atoms with Gasteiger partial charge in [-0.3, -0.25) is 9.59 Å². The van der Waals surface area contributed by atoms with Crippen LogP contribution in [0.25, 0.3) is 0 Å². The number of amides is 2. The highest BCUT2D eigenvalue weighted by Gasteiger charge is 2.28. The molecule has 0 radical (unpaired) electrons. The highest BCUT2D eigenvalue weighted by molar-refractivity contribution is 5.85. The first kappa shape index (κ1) is 15.2. The Balaban J connectivity index is 2.59. The van der Waals surface area contributed by atoms with Gasteiger partial charge in [0.15, 0.2) is 0 Å². The molecule has 0 aromatic heterocycles. The summed E-state index contributed by atoms with van der Waals surface area (Å²) in [4.78, 5) is 23.5. The van der Waals surface area contributed by atoms with E-state index in [1.54, 1.807) is 33.0 Å². The van der Waals surface area contributed by atoms with Gasteiger partial charge in [-0.05, 0) is 19.4 Å². The summed E-state index contributed by atoms with van der Waals surface area (Å²) in [7, 11) is 1.57. The van der Waals surface area contributed by atoms with Gasteiger partial charge in [-0.25, -0.2) is 0 Å². The molecule has 0 saturated heterocycles. The standard InChI is InChI=1S/C14H21N3O2/c1-14(2,13(19)16-3)9-17-12(18)11(15)10-7-5-4-6-8-10/h4-8,11H,9,15H2,1-3H3,(H,16,19)(H,17,18)/t11-/m1/s1. The molecule has 0 aliphatic heterocycles. The van der Waals surface area contributed by atoms with Gasteiger partial charge in [0.05, 0.1) is 5.41 Å². The van der Waals surface area contributed by atoms with Gasteiger partial charge >= 0.3 is 0 Å². The highest BCUT2D eigenvalue weighted by Crippen LogP contribution is 2.14. The molecule has 1 aromatic rings. The monoisotopic (exact) mass is 263 g/mol. The van der Waals surface area contributed by atoms with Crippen LogP contribution in [0.4, 0.5) is 0 Å². The maximum atomic E-state index is 11.9. The lowest BCUT2D eigenvalue weighted by Crippen LogP contribution is -2.45. The van der Waals surface area contributed by atoms with Crippen molar-refractivity contribution in [3.63, 3.8) is 0 Å². The van der Waals surface area contributed by atoms with Crippen LogP contribution in [0.5, 0.6) is 0 Å². The van der Waals surface area contributed by atoms with Gasteiger partial charge in [0.2, 0.25) is 11.8 Å². The second-order valence-corrected chi connectivity index (χ2v) is 5.07. The molecule has 1 rings (SSSR count). The molecular weight excluding hydrogens is 242 g/mol. The Labute approximate surface area is 113 Å². The van der Waals surface area contributed by atoms with E-state index in [9.17, 15) is 9.59 Å². The van der Waals surface area contributed by atoms with Gasteiger partial charge in [-0.15, -0.1) is 0 Å². The minimum absolute atomic E-state index is 0.124. The maximum Gasteiger partial charge on any atom is 0.241 e. The van der Waals surface area contributed by atoms with Crippen molar-refractivity contribution in [3.8, 4) is 0 Å². The van der Waals surface area contributed by atoms with Crippen LogP contribution in [0.3, 0.4) is 0 Å². The van der Waals surface area contributed by atoms with Gasteiger partial charge in [0.1, 0.15) is 6.04 Å². The van der Waals surface area contributed by atoms with Crippen molar-refractivity contribution in [1.82, 2.24) is 10.6 Å². The smallest absolute Gasteiger partial charge is 0.241 e. The van der Waals surface area contributed by atoms with E-state index in [2.05, 4.69) is 10.6 Å². The molecule has 0 spiro atoms. The van der Waals surface area contributed by atoms with Crippen molar-refractivity contribution >= 4 is 11.8 Å². The molecule has 2 amide bonds. The average Bonchev–Trinajstić information content (AvgIpc) is 2.43. The number of carbonyl (C=O) groups is 2. The van der Waals surface area contributed by atoms with Crippen LogP contribution in [0.2, 0.25) is 0 Å². The van der Waals surface area contributed by atoms with Gasteiger partial charge in [0, 0.05) is 13.6 Å². The Hall–Kier alpha value is -1.88. The van der Waals surface area contributed by atoms with E-state index in [-0.39, 0.29) is 18.4 Å². The molecule has 4 N–H and O–H groups in total. The van der Waals surface area contributed by atoms with E-state index in [0.29, 0.717) is 0 Å². The average molecular weight is 263 g/mol. The van der Waals surface area contributed by atoms with E-state index < -0.39 is 11.5 Å². The van der Waals surface area contributed by atoms with Crippen LogP contribution in [-0.2, 0) is 9.59 Å². The first-order valence-corrected chi connectivity index (χ1v) is 6.19. The minimum Gasteiger partial charge on any atom is -0.359 e. The molecule has 104 valence electrons. The third-order valence-electron chi connectivity index (χ3n) is 2.99. The van der Waals surface area contributed by atoms with Crippen molar-refractivity contribution in [2.24, 2.45) is 11.1 Å². The molecule has 0 aliphatic rings. The number of nitrogens with one attached hydrogen (secondary N) is 2.